The molecule has 0 radical (unpaired) electrons. The van der Waals surface area contributed by atoms with E-state index in [0.29, 0.717) is 24.7 Å². The summed E-state index contributed by atoms with van der Waals surface area (Å²) in [6, 6.07) is 6.52. The molecule has 1 aromatic carbocycles. The number of aliphatic carboxylic acids is 1. The van der Waals surface area contributed by atoms with Crippen molar-refractivity contribution in [3.63, 3.8) is 0 Å². The lowest BCUT2D eigenvalue weighted by atomic mass is 10.2. The first kappa shape index (κ1) is 17.2. The first-order chi connectivity index (χ1) is 11.1. The van der Waals surface area contributed by atoms with Crippen molar-refractivity contribution in [1.82, 2.24) is 0 Å². The van der Waals surface area contributed by atoms with Gasteiger partial charge in [-0.25, -0.2) is 4.79 Å². The van der Waals surface area contributed by atoms with Gasteiger partial charge in [0, 0.05) is 12.3 Å². The number of benzene rings is 1. The highest BCUT2D eigenvalue weighted by Gasteiger charge is 2.15. The summed E-state index contributed by atoms with van der Waals surface area (Å²) in [4.78, 5) is 22.2. The predicted octanol–water partition coefficient (Wildman–Crippen LogP) is 1.67. The van der Waals surface area contributed by atoms with Crippen LogP contribution >= 0.6 is 0 Å². The van der Waals surface area contributed by atoms with Gasteiger partial charge in [0.15, 0.2) is 6.61 Å². The smallest absolute Gasteiger partial charge is 0.341 e. The van der Waals surface area contributed by atoms with Gasteiger partial charge in [-0.05, 0) is 37.1 Å². The molecule has 1 amide bonds. The van der Waals surface area contributed by atoms with Gasteiger partial charge >= 0.3 is 5.97 Å². The molecule has 2 rings (SSSR count). The summed E-state index contributed by atoms with van der Waals surface area (Å²) >= 11 is 0. The summed E-state index contributed by atoms with van der Waals surface area (Å²) in [6.07, 6.45) is 2.52. The van der Waals surface area contributed by atoms with E-state index in [-0.39, 0.29) is 18.4 Å². The Morgan fingerprint density at radius 2 is 2.09 bits per heavy atom. The van der Waals surface area contributed by atoms with Gasteiger partial charge < -0.3 is 24.6 Å². The van der Waals surface area contributed by atoms with Gasteiger partial charge in [0.05, 0.1) is 25.7 Å². The van der Waals surface area contributed by atoms with Crippen LogP contribution in [-0.4, -0.2) is 49.5 Å². The van der Waals surface area contributed by atoms with Crippen LogP contribution in [0.1, 0.15) is 19.3 Å². The van der Waals surface area contributed by atoms with Crippen LogP contribution in [0.4, 0.5) is 5.69 Å². The molecule has 1 aliphatic heterocycles. The molecule has 0 aromatic heterocycles. The van der Waals surface area contributed by atoms with Crippen LogP contribution in [0.3, 0.4) is 0 Å². The summed E-state index contributed by atoms with van der Waals surface area (Å²) in [5, 5.41) is 11.3. The second-order valence-corrected chi connectivity index (χ2v) is 5.21. The van der Waals surface area contributed by atoms with Gasteiger partial charge in [-0.2, -0.15) is 0 Å². The number of carbonyl (C=O) groups is 2. The van der Waals surface area contributed by atoms with Crippen molar-refractivity contribution in [3.8, 4) is 5.75 Å². The fourth-order valence-corrected chi connectivity index (χ4v) is 2.16. The lowest BCUT2D eigenvalue weighted by Gasteiger charge is -2.10. The highest BCUT2D eigenvalue weighted by atomic mass is 16.5. The number of anilines is 1. The van der Waals surface area contributed by atoms with E-state index in [1.165, 1.54) is 0 Å². The zero-order valence-corrected chi connectivity index (χ0v) is 12.8. The molecule has 2 N–H and O–H groups in total. The minimum Gasteiger partial charge on any atom is -0.482 e. The molecule has 1 unspecified atom stereocenters. The van der Waals surface area contributed by atoms with Crippen molar-refractivity contribution in [3.05, 3.63) is 24.3 Å². The molecule has 1 aromatic rings. The number of carboxylic acid groups (broad SMARTS) is 1. The van der Waals surface area contributed by atoms with Crippen LogP contribution in [0.5, 0.6) is 5.75 Å². The van der Waals surface area contributed by atoms with E-state index in [2.05, 4.69) is 5.32 Å². The van der Waals surface area contributed by atoms with Crippen LogP contribution in [0.25, 0.3) is 0 Å². The molecule has 1 fully saturated rings. The van der Waals surface area contributed by atoms with E-state index in [1.54, 1.807) is 24.3 Å². The third-order valence-corrected chi connectivity index (χ3v) is 3.30. The first-order valence-corrected chi connectivity index (χ1v) is 7.57. The van der Waals surface area contributed by atoms with E-state index < -0.39 is 12.6 Å². The minimum atomic E-state index is -1.04. The average molecular weight is 323 g/mol. The third kappa shape index (κ3) is 6.66. The number of rotatable bonds is 9. The normalized spacial score (nSPS) is 17.0. The van der Waals surface area contributed by atoms with E-state index in [1.807, 2.05) is 0 Å². The number of ether oxygens (including phenoxy) is 3. The van der Waals surface area contributed by atoms with Crippen molar-refractivity contribution >= 4 is 17.6 Å². The number of carbonyl (C=O) groups excluding carboxylic acids is 1. The van der Waals surface area contributed by atoms with E-state index in [0.717, 1.165) is 19.4 Å². The van der Waals surface area contributed by atoms with E-state index in [4.69, 9.17) is 19.3 Å². The number of nitrogens with one attached hydrogen (secondary N) is 1. The predicted molar refractivity (Wildman–Crippen MR) is 82.6 cm³/mol. The average Bonchev–Trinajstić information content (AvgIpc) is 3.04. The SMILES string of the molecule is O=C(O)COc1ccc(NC(=O)CCOCC2CCCO2)cc1. The maximum Gasteiger partial charge on any atom is 0.341 e. The van der Waals surface area contributed by atoms with Crippen LogP contribution in [0.15, 0.2) is 24.3 Å². The fraction of sp³-hybridized carbons (Fsp3) is 0.500. The molecule has 0 spiro atoms. The van der Waals surface area contributed by atoms with Crippen molar-refractivity contribution in [2.75, 3.05) is 31.7 Å². The minimum absolute atomic E-state index is 0.142. The third-order valence-electron chi connectivity index (χ3n) is 3.30. The number of amides is 1. The van der Waals surface area contributed by atoms with Crippen LogP contribution < -0.4 is 10.1 Å². The molecule has 0 aliphatic carbocycles. The Morgan fingerprint density at radius 3 is 2.74 bits per heavy atom. The first-order valence-electron chi connectivity index (χ1n) is 7.57. The van der Waals surface area contributed by atoms with E-state index >= 15 is 0 Å². The molecular weight excluding hydrogens is 302 g/mol. The molecule has 7 heteroatoms. The van der Waals surface area contributed by atoms with Crippen molar-refractivity contribution in [2.24, 2.45) is 0 Å². The Morgan fingerprint density at radius 1 is 1.30 bits per heavy atom. The lowest BCUT2D eigenvalue weighted by Crippen LogP contribution is -2.18. The van der Waals surface area contributed by atoms with Crippen molar-refractivity contribution < 1.29 is 28.9 Å². The van der Waals surface area contributed by atoms with Crippen molar-refractivity contribution in [2.45, 2.75) is 25.4 Å². The summed E-state index contributed by atoms with van der Waals surface area (Å²) < 4.78 is 15.9. The Balaban J connectivity index is 1.63. The molecule has 0 saturated carbocycles. The van der Waals surface area contributed by atoms with Gasteiger partial charge in [-0.3, -0.25) is 4.79 Å². The van der Waals surface area contributed by atoms with Gasteiger partial charge in [0.25, 0.3) is 0 Å². The standard InChI is InChI=1S/C16H21NO6/c18-15(7-9-21-10-14-2-1-8-22-14)17-12-3-5-13(6-4-12)23-11-16(19)20/h3-6,14H,1-2,7-11H2,(H,17,18)(H,19,20). The van der Waals surface area contributed by atoms with Crippen LogP contribution in [-0.2, 0) is 19.1 Å². The maximum absolute atomic E-state index is 11.8. The summed E-state index contributed by atoms with van der Waals surface area (Å²) in [6.45, 7) is 1.28. The Bertz CT molecular complexity index is 510. The molecular formula is C16H21NO6. The molecule has 7 nitrogen and oxygen atoms in total. The van der Waals surface area contributed by atoms with Crippen LogP contribution in [0.2, 0.25) is 0 Å². The zero-order valence-electron chi connectivity index (χ0n) is 12.8. The molecule has 23 heavy (non-hydrogen) atoms. The zero-order chi connectivity index (χ0) is 16.5. The maximum atomic E-state index is 11.8. The summed E-state index contributed by atoms with van der Waals surface area (Å²) in [7, 11) is 0. The van der Waals surface area contributed by atoms with Gasteiger partial charge in [0.2, 0.25) is 5.91 Å². The largest absolute Gasteiger partial charge is 0.482 e. The number of hydrogen-bond acceptors (Lipinski definition) is 5. The van der Waals surface area contributed by atoms with Gasteiger partial charge in [-0.15, -0.1) is 0 Å². The van der Waals surface area contributed by atoms with Gasteiger partial charge in [-0.1, -0.05) is 0 Å². The monoisotopic (exact) mass is 323 g/mol. The molecule has 0 bridgehead atoms. The second kappa shape index (κ2) is 9.12. The fourth-order valence-electron chi connectivity index (χ4n) is 2.16. The molecule has 1 saturated heterocycles. The topological polar surface area (TPSA) is 94.1 Å². The van der Waals surface area contributed by atoms with Crippen molar-refractivity contribution in [1.29, 1.82) is 0 Å². The Labute approximate surface area is 134 Å². The lowest BCUT2D eigenvalue weighted by molar-refractivity contribution is -0.139. The Hall–Kier alpha value is -2.12. The number of hydrogen-bond donors (Lipinski definition) is 2. The Kier molecular flexibility index (Phi) is 6.83. The number of carboxylic acids is 1. The molecule has 1 atom stereocenters. The highest BCUT2D eigenvalue weighted by molar-refractivity contribution is 5.90. The highest BCUT2D eigenvalue weighted by Crippen LogP contribution is 2.16. The van der Waals surface area contributed by atoms with E-state index in [9.17, 15) is 9.59 Å². The summed E-state index contributed by atoms with van der Waals surface area (Å²) in [5.41, 5.74) is 0.622. The van der Waals surface area contributed by atoms with Crippen LogP contribution in [0, 0.1) is 0 Å². The molecule has 1 heterocycles. The second-order valence-electron chi connectivity index (χ2n) is 5.21. The molecule has 1 aliphatic rings. The van der Waals surface area contributed by atoms with Gasteiger partial charge in [0.1, 0.15) is 5.75 Å². The molecule has 126 valence electrons. The quantitative estimate of drug-likeness (QED) is 0.671. The summed E-state index contributed by atoms with van der Waals surface area (Å²) in [5.74, 6) is -0.743.